The van der Waals surface area contributed by atoms with Crippen LogP contribution in [0.4, 0.5) is 0 Å². The van der Waals surface area contributed by atoms with E-state index in [4.69, 9.17) is 26.8 Å². The van der Waals surface area contributed by atoms with Crippen LogP contribution in [-0.4, -0.2) is 13.3 Å². The third kappa shape index (κ3) is 1.85. The minimum atomic E-state index is 0.279. The Morgan fingerprint density at radius 2 is 2.25 bits per heavy atom. The van der Waals surface area contributed by atoms with Crippen LogP contribution in [0.25, 0.3) is 0 Å². The van der Waals surface area contributed by atoms with Crippen molar-refractivity contribution in [1.82, 2.24) is 0 Å². The fraction of sp³-hybridized carbons (Fsp3) is 0.500. The van der Waals surface area contributed by atoms with Gasteiger partial charge in [0.1, 0.15) is 0 Å². The van der Waals surface area contributed by atoms with Crippen LogP contribution in [0.2, 0.25) is 5.02 Å². The zero-order chi connectivity index (χ0) is 11.7. The third-order valence-corrected chi connectivity index (χ3v) is 3.48. The molecule has 4 heteroatoms. The fourth-order valence-electron chi connectivity index (χ4n) is 1.97. The zero-order valence-electron chi connectivity index (χ0n) is 9.55. The van der Waals surface area contributed by atoms with Gasteiger partial charge in [0.15, 0.2) is 11.5 Å². The number of nitrogens with two attached hydrogens (primary N) is 1. The van der Waals surface area contributed by atoms with E-state index in [0.29, 0.717) is 12.5 Å². The van der Waals surface area contributed by atoms with E-state index in [1.165, 1.54) is 0 Å². The number of hydrogen-bond acceptors (Lipinski definition) is 3. The van der Waals surface area contributed by atoms with Crippen LogP contribution in [0.3, 0.4) is 0 Å². The van der Waals surface area contributed by atoms with Crippen molar-refractivity contribution in [1.29, 1.82) is 0 Å². The Morgan fingerprint density at radius 3 is 2.94 bits per heavy atom. The van der Waals surface area contributed by atoms with Gasteiger partial charge in [-0.05, 0) is 37.4 Å². The standard InChI is InChI=1S/C12H16ClNO2/c1-7(3-4-14)9-5-10-12(16-6-15-10)8(2)11(9)13/h5,7H,3-4,6,14H2,1-2H3. The van der Waals surface area contributed by atoms with Gasteiger partial charge in [0, 0.05) is 5.56 Å². The maximum Gasteiger partial charge on any atom is 0.231 e. The number of hydrogen-bond donors (Lipinski definition) is 1. The van der Waals surface area contributed by atoms with Crippen molar-refractivity contribution in [3.63, 3.8) is 0 Å². The predicted octanol–water partition coefficient (Wildman–Crippen LogP) is 2.83. The minimum absolute atomic E-state index is 0.279. The second kappa shape index (κ2) is 4.52. The molecule has 1 aromatic carbocycles. The van der Waals surface area contributed by atoms with Gasteiger partial charge < -0.3 is 15.2 Å². The van der Waals surface area contributed by atoms with Crippen LogP contribution < -0.4 is 15.2 Å². The molecule has 0 aliphatic carbocycles. The molecule has 1 aliphatic heterocycles. The lowest BCUT2D eigenvalue weighted by Gasteiger charge is -2.15. The molecule has 1 heterocycles. The third-order valence-electron chi connectivity index (χ3n) is 2.98. The Bertz CT molecular complexity index is 406. The van der Waals surface area contributed by atoms with E-state index in [1.54, 1.807) is 0 Å². The molecule has 0 fully saturated rings. The molecule has 1 aliphatic rings. The summed E-state index contributed by atoms with van der Waals surface area (Å²) in [5.74, 6) is 1.90. The normalized spacial score (nSPS) is 15.2. The summed E-state index contributed by atoms with van der Waals surface area (Å²) in [6.45, 7) is 5.01. The summed E-state index contributed by atoms with van der Waals surface area (Å²) in [4.78, 5) is 0. The molecule has 88 valence electrons. The summed E-state index contributed by atoms with van der Waals surface area (Å²) < 4.78 is 10.8. The molecule has 3 nitrogen and oxygen atoms in total. The first kappa shape index (κ1) is 11.6. The summed E-state index contributed by atoms with van der Waals surface area (Å²) >= 11 is 6.33. The lowest BCUT2D eigenvalue weighted by Crippen LogP contribution is -2.05. The SMILES string of the molecule is Cc1c(Cl)c(C(C)CCN)cc2c1OCO2. The highest BCUT2D eigenvalue weighted by atomic mass is 35.5. The first-order valence-electron chi connectivity index (χ1n) is 5.43. The molecule has 0 bridgehead atoms. The van der Waals surface area contributed by atoms with Gasteiger partial charge in [0.05, 0.1) is 5.02 Å². The topological polar surface area (TPSA) is 44.5 Å². The van der Waals surface area contributed by atoms with Crippen molar-refractivity contribution < 1.29 is 9.47 Å². The minimum Gasteiger partial charge on any atom is -0.454 e. The molecule has 0 saturated heterocycles. The van der Waals surface area contributed by atoms with Crippen LogP contribution in [-0.2, 0) is 0 Å². The van der Waals surface area contributed by atoms with Crippen molar-refractivity contribution in [2.24, 2.45) is 5.73 Å². The lowest BCUT2D eigenvalue weighted by molar-refractivity contribution is 0.173. The summed E-state index contributed by atoms with van der Waals surface area (Å²) in [6, 6.07) is 1.97. The second-order valence-corrected chi connectivity index (χ2v) is 4.49. The van der Waals surface area contributed by atoms with Gasteiger partial charge in [0.25, 0.3) is 0 Å². The zero-order valence-corrected chi connectivity index (χ0v) is 10.3. The monoisotopic (exact) mass is 241 g/mol. The van der Waals surface area contributed by atoms with Crippen LogP contribution in [0, 0.1) is 6.92 Å². The Labute approximate surface area is 100 Å². The summed E-state index contributed by atoms with van der Waals surface area (Å²) in [5, 5.41) is 0.769. The van der Waals surface area contributed by atoms with E-state index in [2.05, 4.69) is 6.92 Å². The molecule has 0 spiro atoms. The Hall–Kier alpha value is -0.930. The van der Waals surface area contributed by atoms with E-state index in [0.717, 1.165) is 34.1 Å². The van der Waals surface area contributed by atoms with Crippen molar-refractivity contribution in [3.05, 3.63) is 22.2 Å². The van der Waals surface area contributed by atoms with Crippen LogP contribution in [0.5, 0.6) is 11.5 Å². The largest absolute Gasteiger partial charge is 0.454 e. The highest BCUT2D eigenvalue weighted by Gasteiger charge is 2.22. The molecule has 1 atom stereocenters. The average molecular weight is 242 g/mol. The summed E-state index contributed by atoms with van der Waals surface area (Å²) in [7, 11) is 0. The summed E-state index contributed by atoms with van der Waals surface area (Å²) in [5.41, 5.74) is 7.61. The quantitative estimate of drug-likeness (QED) is 0.885. The summed E-state index contributed by atoms with van der Waals surface area (Å²) in [6.07, 6.45) is 0.915. The van der Waals surface area contributed by atoms with Gasteiger partial charge in [-0.3, -0.25) is 0 Å². The van der Waals surface area contributed by atoms with E-state index in [-0.39, 0.29) is 6.79 Å². The Morgan fingerprint density at radius 1 is 1.50 bits per heavy atom. The van der Waals surface area contributed by atoms with Gasteiger partial charge in [-0.2, -0.15) is 0 Å². The van der Waals surface area contributed by atoms with Gasteiger partial charge in [-0.25, -0.2) is 0 Å². The number of ether oxygens (including phenoxy) is 2. The molecular weight excluding hydrogens is 226 g/mol. The van der Waals surface area contributed by atoms with Gasteiger partial charge in [0.2, 0.25) is 6.79 Å². The highest BCUT2D eigenvalue weighted by molar-refractivity contribution is 6.32. The van der Waals surface area contributed by atoms with E-state index >= 15 is 0 Å². The van der Waals surface area contributed by atoms with E-state index in [9.17, 15) is 0 Å². The van der Waals surface area contributed by atoms with Gasteiger partial charge in [-0.1, -0.05) is 18.5 Å². The van der Waals surface area contributed by atoms with Crippen LogP contribution >= 0.6 is 11.6 Å². The van der Waals surface area contributed by atoms with E-state index in [1.807, 2.05) is 13.0 Å². The first-order chi connectivity index (χ1) is 7.65. The molecule has 16 heavy (non-hydrogen) atoms. The first-order valence-corrected chi connectivity index (χ1v) is 5.81. The van der Waals surface area contributed by atoms with Crippen LogP contribution in [0.1, 0.15) is 30.4 Å². The van der Waals surface area contributed by atoms with Crippen molar-refractivity contribution in [2.75, 3.05) is 13.3 Å². The second-order valence-electron chi connectivity index (χ2n) is 4.12. The molecule has 0 saturated carbocycles. The van der Waals surface area contributed by atoms with Crippen molar-refractivity contribution >= 4 is 11.6 Å². The number of fused-ring (bicyclic) bond motifs is 1. The van der Waals surface area contributed by atoms with Crippen molar-refractivity contribution in [3.8, 4) is 11.5 Å². The highest BCUT2D eigenvalue weighted by Crippen LogP contribution is 2.43. The molecule has 0 radical (unpaired) electrons. The number of halogens is 1. The molecular formula is C12H16ClNO2. The van der Waals surface area contributed by atoms with Crippen LogP contribution in [0.15, 0.2) is 6.07 Å². The Kier molecular flexibility index (Phi) is 3.26. The Balaban J connectivity index is 2.43. The van der Waals surface area contributed by atoms with Gasteiger partial charge >= 0.3 is 0 Å². The predicted molar refractivity (Wildman–Crippen MR) is 64.4 cm³/mol. The molecule has 2 rings (SSSR count). The molecule has 0 aromatic heterocycles. The molecule has 1 unspecified atom stereocenters. The lowest BCUT2D eigenvalue weighted by atomic mass is 9.95. The molecule has 0 amide bonds. The van der Waals surface area contributed by atoms with E-state index < -0.39 is 0 Å². The smallest absolute Gasteiger partial charge is 0.231 e. The molecule has 1 aromatic rings. The van der Waals surface area contributed by atoms with Gasteiger partial charge in [-0.15, -0.1) is 0 Å². The fourth-order valence-corrected chi connectivity index (χ4v) is 2.30. The maximum absolute atomic E-state index is 6.33. The number of benzene rings is 1. The number of rotatable bonds is 3. The maximum atomic E-state index is 6.33. The molecule has 2 N–H and O–H groups in total. The van der Waals surface area contributed by atoms with Crippen molar-refractivity contribution in [2.45, 2.75) is 26.2 Å². The average Bonchev–Trinajstić information content (AvgIpc) is 2.71.